The highest BCUT2D eigenvalue weighted by atomic mass is 35.5. The minimum Gasteiger partial charge on any atom is -0.406 e. The van der Waals surface area contributed by atoms with E-state index in [0.29, 0.717) is 6.54 Å². The highest BCUT2D eigenvalue weighted by Crippen LogP contribution is 2.34. The summed E-state index contributed by atoms with van der Waals surface area (Å²) in [6.45, 7) is 0.628. The fourth-order valence-electron chi connectivity index (χ4n) is 1.88. The Morgan fingerprint density at radius 3 is 2.56 bits per heavy atom. The molecule has 0 spiro atoms. The summed E-state index contributed by atoms with van der Waals surface area (Å²) >= 11 is 0. The molecule has 1 heterocycles. The molecule has 0 bridgehead atoms. The molecule has 1 fully saturated rings. The summed E-state index contributed by atoms with van der Waals surface area (Å²) in [5.74, 6) is -0.390. The lowest BCUT2D eigenvalue weighted by molar-refractivity contribution is -0.274. The summed E-state index contributed by atoms with van der Waals surface area (Å²) in [5, 5.41) is 2.84. The minimum absolute atomic E-state index is 0. The number of hydrogen-bond donors (Lipinski definition) is 1. The van der Waals surface area contributed by atoms with Gasteiger partial charge in [-0.25, -0.2) is 4.39 Å². The highest BCUT2D eigenvalue weighted by molar-refractivity contribution is 5.85. The normalized spacial score (nSPS) is 23.6. The van der Waals surface area contributed by atoms with Gasteiger partial charge in [-0.2, -0.15) is 0 Å². The van der Waals surface area contributed by atoms with Crippen LogP contribution in [0.25, 0.3) is 0 Å². The molecule has 102 valence electrons. The number of benzene rings is 1. The Balaban J connectivity index is 0.00000162. The Kier molecular flexibility index (Phi) is 4.45. The molecule has 0 aromatic heterocycles. The van der Waals surface area contributed by atoms with Gasteiger partial charge in [-0.15, -0.1) is 25.6 Å². The fourth-order valence-corrected chi connectivity index (χ4v) is 1.88. The van der Waals surface area contributed by atoms with Crippen molar-refractivity contribution in [3.05, 3.63) is 29.8 Å². The smallest absolute Gasteiger partial charge is 0.406 e. The topological polar surface area (TPSA) is 21.3 Å². The van der Waals surface area contributed by atoms with Gasteiger partial charge in [-0.1, -0.05) is 12.1 Å². The van der Waals surface area contributed by atoms with Crippen LogP contribution in [-0.4, -0.2) is 19.5 Å². The molecule has 18 heavy (non-hydrogen) atoms. The molecule has 2 rings (SSSR count). The van der Waals surface area contributed by atoms with Gasteiger partial charge < -0.3 is 10.1 Å². The molecular formula is C11H12ClF4NO. The lowest BCUT2D eigenvalue weighted by Crippen LogP contribution is -2.23. The second kappa shape index (κ2) is 5.32. The summed E-state index contributed by atoms with van der Waals surface area (Å²) in [6.07, 6.45) is -4.50. The van der Waals surface area contributed by atoms with Crippen molar-refractivity contribution in [3.8, 4) is 5.75 Å². The van der Waals surface area contributed by atoms with Crippen LogP contribution in [0.15, 0.2) is 24.3 Å². The van der Waals surface area contributed by atoms with Gasteiger partial charge in [0.1, 0.15) is 11.4 Å². The molecule has 1 N–H and O–H groups in total. The van der Waals surface area contributed by atoms with Gasteiger partial charge >= 0.3 is 6.36 Å². The van der Waals surface area contributed by atoms with Gasteiger partial charge in [0.2, 0.25) is 0 Å². The molecule has 1 atom stereocenters. The predicted octanol–water partition coefficient (Wildman–Crippen LogP) is 3.17. The van der Waals surface area contributed by atoms with E-state index in [1.54, 1.807) is 0 Å². The second-order valence-electron chi connectivity index (χ2n) is 3.97. The van der Waals surface area contributed by atoms with Crippen molar-refractivity contribution in [1.29, 1.82) is 0 Å². The number of rotatable bonds is 2. The molecule has 1 unspecified atom stereocenters. The van der Waals surface area contributed by atoms with E-state index >= 15 is 0 Å². The lowest BCUT2D eigenvalue weighted by atomic mass is 9.95. The van der Waals surface area contributed by atoms with E-state index in [0.717, 1.165) is 12.1 Å². The average Bonchev–Trinajstić information content (AvgIpc) is 2.64. The van der Waals surface area contributed by atoms with E-state index in [2.05, 4.69) is 10.1 Å². The Morgan fingerprint density at radius 1 is 1.28 bits per heavy atom. The second-order valence-corrected chi connectivity index (χ2v) is 3.97. The SMILES string of the molecule is Cl.FC(F)(F)Oc1cccc(C2(F)CCNC2)c1. The summed E-state index contributed by atoms with van der Waals surface area (Å²) in [4.78, 5) is 0. The predicted molar refractivity (Wildman–Crippen MR) is 60.6 cm³/mol. The van der Waals surface area contributed by atoms with Crippen molar-refractivity contribution in [2.45, 2.75) is 18.5 Å². The zero-order valence-electron chi connectivity index (χ0n) is 9.26. The van der Waals surface area contributed by atoms with Crippen LogP contribution in [-0.2, 0) is 5.67 Å². The summed E-state index contributed by atoms with van der Waals surface area (Å²) in [5.41, 5.74) is -1.39. The molecule has 1 aliphatic rings. The van der Waals surface area contributed by atoms with E-state index < -0.39 is 12.0 Å². The van der Waals surface area contributed by atoms with E-state index in [9.17, 15) is 17.6 Å². The van der Waals surface area contributed by atoms with Crippen molar-refractivity contribution in [2.75, 3.05) is 13.1 Å². The van der Waals surface area contributed by atoms with Crippen molar-refractivity contribution in [2.24, 2.45) is 0 Å². The largest absolute Gasteiger partial charge is 0.573 e. The standard InChI is InChI=1S/C11H11F4NO.ClH/c12-10(4-5-16-7-10)8-2-1-3-9(6-8)17-11(13,14)15;/h1-3,6,16H,4-5,7H2;1H. The quantitative estimate of drug-likeness (QED) is 0.843. The van der Waals surface area contributed by atoms with Gasteiger partial charge in [-0.05, 0) is 30.7 Å². The molecule has 1 aliphatic heterocycles. The van der Waals surface area contributed by atoms with Crippen LogP contribution in [0.1, 0.15) is 12.0 Å². The Morgan fingerprint density at radius 2 is 2.00 bits per heavy atom. The molecule has 1 saturated heterocycles. The van der Waals surface area contributed by atoms with E-state index in [4.69, 9.17) is 0 Å². The maximum Gasteiger partial charge on any atom is 0.573 e. The number of ether oxygens (including phenoxy) is 1. The molecule has 0 amide bonds. The number of hydrogen-bond acceptors (Lipinski definition) is 2. The van der Waals surface area contributed by atoms with Gasteiger partial charge in [0.15, 0.2) is 0 Å². The molecule has 1 aromatic rings. The Bertz CT molecular complexity index is 404. The van der Waals surface area contributed by atoms with Gasteiger partial charge in [0.05, 0.1) is 0 Å². The third-order valence-electron chi connectivity index (χ3n) is 2.69. The first kappa shape index (κ1) is 15.0. The van der Waals surface area contributed by atoms with Crippen LogP contribution in [0.3, 0.4) is 0 Å². The third kappa shape index (κ3) is 3.49. The fraction of sp³-hybridized carbons (Fsp3) is 0.455. The summed E-state index contributed by atoms with van der Waals surface area (Å²) in [7, 11) is 0. The minimum atomic E-state index is -4.75. The van der Waals surface area contributed by atoms with Crippen LogP contribution < -0.4 is 10.1 Å². The maximum atomic E-state index is 14.3. The summed E-state index contributed by atoms with van der Waals surface area (Å²) in [6, 6.07) is 5.08. The third-order valence-corrected chi connectivity index (χ3v) is 2.69. The molecular weight excluding hydrogens is 274 g/mol. The first-order valence-corrected chi connectivity index (χ1v) is 5.15. The zero-order chi connectivity index (χ0) is 12.5. The molecule has 1 aromatic carbocycles. The van der Waals surface area contributed by atoms with E-state index in [-0.39, 0.29) is 36.7 Å². The van der Waals surface area contributed by atoms with E-state index in [1.807, 2.05) is 0 Å². The average molecular weight is 286 g/mol. The van der Waals surface area contributed by atoms with Gasteiger partial charge in [-0.3, -0.25) is 0 Å². The van der Waals surface area contributed by atoms with Crippen LogP contribution in [0.2, 0.25) is 0 Å². The van der Waals surface area contributed by atoms with Crippen LogP contribution in [0, 0.1) is 0 Å². The molecule has 7 heteroatoms. The summed E-state index contributed by atoms with van der Waals surface area (Å²) < 4.78 is 54.1. The highest BCUT2D eigenvalue weighted by Gasteiger charge is 2.36. The van der Waals surface area contributed by atoms with Gasteiger partial charge in [0.25, 0.3) is 0 Å². The zero-order valence-corrected chi connectivity index (χ0v) is 10.1. The first-order chi connectivity index (χ1) is 7.89. The first-order valence-electron chi connectivity index (χ1n) is 5.15. The van der Waals surface area contributed by atoms with Crippen LogP contribution >= 0.6 is 12.4 Å². The lowest BCUT2D eigenvalue weighted by Gasteiger charge is -2.19. The monoisotopic (exact) mass is 285 g/mol. The van der Waals surface area contributed by atoms with Crippen LogP contribution in [0.5, 0.6) is 5.75 Å². The van der Waals surface area contributed by atoms with Crippen molar-refractivity contribution < 1.29 is 22.3 Å². The number of nitrogens with one attached hydrogen (secondary N) is 1. The van der Waals surface area contributed by atoms with Crippen molar-refractivity contribution in [1.82, 2.24) is 5.32 Å². The maximum absolute atomic E-state index is 14.3. The van der Waals surface area contributed by atoms with Crippen molar-refractivity contribution in [3.63, 3.8) is 0 Å². The number of halogens is 5. The molecule has 0 saturated carbocycles. The molecule has 2 nitrogen and oxygen atoms in total. The molecule has 0 radical (unpaired) electrons. The van der Waals surface area contributed by atoms with Crippen molar-refractivity contribution >= 4 is 12.4 Å². The Hall–Kier alpha value is -1.01. The Labute approximate surface area is 108 Å². The van der Waals surface area contributed by atoms with Crippen LogP contribution in [0.4, 0.5) is 17.6 Å². The number of alkyl halides is 4. The molecule has 0 aliphatic carbocycles. The van der Waals surface area contributed by atoms with E-state index in [1.165, 1.54) is 12.1 Å². The van der Waals surface area contributed by atoms with Gasteiger partial charge in [0, 0.05) is 6.54 Å².